The molecule has 0 aliphatic carbocycles. The van der Waals surface area contributed by atoms with Crippen LogP contribution in [0.25, 0.3) is 0 Å². The van der Waals surface area contributed by atoms with Gasteiger partial charge in [0.05, 0.1) is 18.1 Å². The van der Waals surface area contributed by atoms with Gasteiger partial charge in [-0.1, -0.05) is 12.1 Å². The van der Waals surface area contributed by atoms with Gasteiger partial charge in [-0.25, -0.2) is 8.42 Å². The molecule has 2 rings (SSSR count). The van der Waals surface area contributed by atoms with Crippen LogP contribution in [0, 0.1) is 0 Å². The molecule has 1 unspecified atom stereocenters. The van der Waals surface area contributed by atoms with Crippen LogP contribution in [0.3, 0.4) is 0 Å². The van der Waals surface area contributed by atoms with Gasteiger partial charge in [-0.05, 0) is 30.5 Å². The van der Waals surface area contributed by atoms with E-state index in [0.29, 0.717) is 31.9 Å². The monoisotopic (exact) mass is 313 g/mol. The van der Waals surface area contributed by atoms with Crippen molar-refractivity contribution in [1.82, 2.24) is 5.32 Å². The van der Waals surface area contributed by atoms with E-state index in [1.54, 1.807) is 7.11 Å². The summed E-state index contributed by atoms with van der Waals surface area (Å²) in [5.41, 5.74) is 1.22. The SMILES string of the molecule is COCCc1ccc(OCCNC2CCS(=O)(=O)C2)cc1. The Balaban J connectivity index is 1.64. The fraction of sp³-hybridized carbons (Fsp3) is 0.600. The Morgan fingerprint density at radius 1 is 1.24 bits per heavy atom. The van der Waals surface area contributed by atoms with E-state index in [4.69, 9.17) is 9.47 Å². The molecule has 0 bridgehead atoms. The Hall–Kier alpha value is -1.11. The van der Waals surface area contributed by atoms with Crippen LogP contribution in [0.5, 0.6) is 5.75 Å². The lowest BCUT2D eigenvalue weighted by Gasteiger charge is -2.11. The highest BCUT2D eigenvalue weighted by Gasteiger charge is 2.26. The van der Waals surface area contributed by atoms with Crippen molar-refractivity contribution in [2.45, 2.75) is 18.9 Å². The van der Waals surface area contributed by atoms with Gasteiger partial charge in [0.15, 0.2) is 9.84 Å². The molecule has 1 aliphatic rings. The van der Waals surface area contributed by atoms with Gasteiger partial charge in [0.25, 0.3) is 0 Å². The minimum Gasteiger partial charge on any atom is -0.492 e. The summed E-state index contributed by atoms with van der Waals surface area (Å²) in [5, 5.41) is 3.23. The number of nitrogens with one attached hydrogen (secondary N) is 1. The number of hydrogen-bond donors (Lipinski definition) is 1. The van der Waals surface area contributed by atoms with E-state index in [1.807, 2.05) is 24.3 Å². The summed E-state index contributed by atoms with van der Waals surface area (Å²) < 4.78 is 33.3. The van der Waals surface area contributed by atoms with Crippen LogP contribution in [0.15, 0.2) is 24.3 Å². The van der Waals surface area contributed by atoms with Gasteiger partial charge < -0.3 is 14.8 Å². The summed E-state index contributed by atoms with van der Waals surface area (Å²) >= 11 is 0. The summed E-state index contributed by atoms with van der Waals surface area (Å²) in [6.07, 6.45) is 1.60. The molecule has 5 nitrogen and oxygen atoms in total. The van der Waals surface area contributed by atoms with Gasteiger partial charge in [-0.15, -0.1) is 0 Å². The number of benzene rings is 1. The van der Waals surface area contributed by atoms with E-state index in [1.165, 1.54) is 5.56 Å². The van der Waals surface area contributed by atoms with Crippen LogP contribution in [0.1, 0.15) is 12.0 Å². The Kier molecular flexibility index (Phi) is 6.02. The Morgan fingerprint density at radius 2 is 2.00 bits per heavy atom. The number of rotatable bonds is 8. The molecule has 0 saturated carbocycles. The smallest absolute Gasteiger partial charge is 0.151 e. The Morgan fingerprint density at radius 3 is 2.62 bits per heavy atom. The first-order chi connectivity index (χ1) is 10.1. The standard InChI is InChI=1S/C15H23NO4S/c1-19-9-6-13-2-4-15(5-3-13)20-10-8-16-14-7-11-21(17,18)12-14/h2-5,14,16H,6-12H2,1H3. The molecular formula is C15H23NO4S. The summed E-state index contributed by atoms with van der Waals surface area (Å²) in [6.45, 7) is 1.91. The first kappa shape index (κ1) is 16.3. The van der Waals surface area contributed by atoms with Crippen LogP contribution >= 0.6 is 0 Å². The second-order valence-electron chi connectivity index (χ2n) is 5.29. The highest BCUT2D eigenvalue weighted by Crippen LogP contribution is 2.13. The number of methoxy groups -OCH3 is 1. The van der Waals surface area contributed by atoms with Crippen molar-refractivity contribution in [3.63, 3.8) is 0 Å². The summed E-state index contributed by atoms with van der Waals surface area (Å²) in [4.78, 5) is 0. The van der Waals surface area contributed by atoms with Gasteiger partial charge in [-0.2, -0.15) is 0 Å². The fourth-order valence-electron chi connectivity index (χ4n) is 2.36. The predicted octanol–water partition coefficient (Wildman–Crippen LogP) is 1.03. The first-order valence-corrected chi connectivity index (χ1v) is 9.06. The van der Waals surface area contributed by atoms with Crippen molar-refractivity contribution in [3.8, 4) is 5.75 Å². The van der Waals surface area contributed by atoms with Gasteiger partial charge in [0, 0.05) is 19.7 Å². The molecule has 1 aromatic rings. The van der Waals surface area contributed by atoms with Crippen molar-refractivity contribution in [2.24, 2.45) is 0 Å². The lowest BCUT2D eigenvalue weighted by molar-refractivity contribution is 0.202. The third kappa shape index (κ3) is 5.65. The molecule has 1 saturated heterocycles. The third-order valence-corrected chi connectivity index (χ3v) is 5.32. The summed E-state index contributed by atoms with van der Waals surface area (Å²) in [7, 11) is -1.12. The van der Waals surface area contributed by atoms with E-state index in [9.17, 15) is 8.42 Å². The zero-order chi connectivity index (χ0) is 15.1. The van der Waals surface area contributed by atoms with E-state index >= 15 is 0 Å². The predicted molar refractivity (Wildman–Crippen MR) is 82.6 cm³/mol. The molecule has 1 heterocycles. The second-order valence-corrected chi connectivity index (χ2v) is 7.52. The zero-order valence-corrected chi connectivity index (χ0v) is 13.2. The quantitative estimate of drug-likeness (QED) is 0.726. The molecule has 0 amide bonds. The lowest BCUT2D eigenvalue weighted by Crippen LogP contribution is -2.33. The topological polar surface area (TPSA) is 64.6 Å². The second kappa shape index (κ2) is 7.77. The van der Waals surface area contributed by atoms with Crippen molar-refractivity contribution < 1.29 is 17.9 Å². The first-order valence-electron chi connectivity index (χ1n) is 7.23. The molecule has 1 fully saturated rings. The number of hydrogen-bond acceptors (Lipinski definition) is 5. The maximum absolute atomic E-state index is 11.3. The molecule has 1 aromatic carbocycles. The maximum Gasteiger partial charge on any atom is 0.151 e. The number of ether oxygens (including phenoxy) is 2. The average molecular weight is 313 g/mol. The van der Waals surface area contributed by atoms with Crippen molar-refractivity contribution in [1.29, 1.82) is 0 Å². The van der Waals surface area contributed by atoms with Crippen molar-refractivity contribution in [3.05, 3.63) is 29.8 Å². The van der Waals surface area contributed by atoms with E-state index in [0.717, 1.165) is 12.2 Å². The minimum absolute atomic E-state index is 0.0787. The van der Waals surface area contributed by atoms with Crippen LogP contribution in [0.2, 0.25) is 0 Å². The van der Waals surface area contributed by atoms with Crippen molar-refractivity contribution in [2.75, 3.05) is 38.4 Å². The molecule has 1 N–H and O–H groups in total. The molecule has 118 valence electrons. The Labute approximate surface area is 126 Å². The fourth-order valence-corrected chi connectivity index (χ4v) is 4.07. The Bertz CT molecular complexity index is 527. The van der Waals surface area contributed by atoms with Gasteiger partial charge in [0.1, 0.15) is 12.4 Å². The van der Waals surface area contributed by atoms with Crippen LogP contribution < -0.4 is 10.1 Å². The van der Waals surface area contributed by atoms with Gasteiger partial charge in [-0.3, -0.25) is 0 Å². The molecular weight excluding hydrogens is 290 g/mol. The highest BCUT2D eigenvalue weighted by molar-refractivity contribution is 7.91. The molecule has 0 radical (unpaired) electrons. The van der Waals surface area contributed by atoms with Crippen LogP contribution in [0.4, 0.5) is 0 Å². The third-order valence-electron chi connectivity index (χ3n) is 3.55. The average Bonchev–Trinajstić information content (AvgIpc) is 2.82. The van der Waals surface area contributed by atoms with E-state index in [2.05, 4.69) is 5.32 Å². The van der Waals surface area contributed by atoms with Crippen LogP contribution in [-0.4, -0.2) is 52.8 Å². The molecule has 21 heavy (non-hydrogen) atoms. The van der Waals surface area contributed by atoms with E-state index < -0.39 is 9.84 Å². The molecule has 1 atom stereocenters. The zero-order valence-electron chi connectivity index (χ0n) is 12.4. The van der Waals surface area contributed by atoms with E-state index in [-0.39, 0.29) is 11.8 Å². The minimum atomic E-state index is -2.81. The lowest BCUT2D eigenvalue weighted by atomic mass is 10.1. The molecule has 6 heteroatoms. The van der Waals surface area contributed by atoms with Gasteiger partial charge in [0.2, 0.25) is 0 Å². The van der Waals surface area contributed by atoms with Crippen LogP contribution in [-0.2, 0) is 21.0 Å². The summed E-state index contributed by atoms with van der Waals surface area (Å²) in [6, 6.07) is 8.04. The van der Waals surface area contributed by atoms with Crippen molar-refractivity contribution >= 4 is 9.84 Å². The molecule has 1 aliphatic heterocycles. The highest BCUT2D eigenvalue weighted by atomic mass is 32.2. The summed E-state index contributed by atoms with van der Waals surface area (Å²) in [5.74, 6) is 1.38. The number of sulfone groups is 1. The molecule has 0 aromatic heterocycles. The largest absolute Gasteiger partial charge is 0.492 e. The maximum atomic E-state index is 11.3. The molecule has 0 spiro atoms. The normalized spacial score (nSPS) is 20.5. The van der Waals surface area contributed by atoms with Gasteiger partial charge >= 0.3 is 0 Å².